The molecule has 1 heterocycles. The Bertz CT molecular complexity index is 931. The van der Waals surface area contributed by atoms with Crippen molar-refractivity contribution in [3.63, 3.8) is 0 Å². The normalized spacial score (nSPS) is 12.6. The molecule has 0 fully saturated rings. The number of benzene rings is 2. The Kier molecular flexibility index (Phi) is 5.23. The molecule has 0 bridgehead atoms. The SMILES string of the molecule is CC(Oc1ccc(-c2ccc(C(F)(F)F)cc2)cc1)c1ccc(C(N)=O)s1. The highest BCUT2D eigenvalue weighted by molar-refractivity contribution is 7.14. The standard InChI is InChI=1S/C20H16F3NO2S/c1-12(17-10-11-18(27-17)19(24)25)26-16-8-4-14(5-9-16)13-2-6-15(7-3-13)20(21,22)23/h2-12H,1H3,(H2,24,25). The van der Waals surface area contributed by atoms with Crippen LogP contribution in [0.3, 0.4) is 0 Å². The predicted octanol–water partition coefficient (Wildman–Crippen LogP) is 5.67. The largest absolute Gasteiger partial charge is 0.485 e. The van der Waals surface area contributed by atoms with Crippen molar-refractivity contribution in [2.45, 2.75) is 19.2 Å². The predicted molar refractivity (Wildman–Crippen MR) is 98.8 cm³/mol. The molecule has 1 amide bonds. The van der Waals surface area contributed by atoms with Gasteiger partial charge in [0.1, 0.15) is 11.9 Å². The molecule has 0 saturated heterocycles. The molecule has 3 aromatic rings. The van der Waals surface area contributed by atoms with E-state index >= 15 is 0 Å². The fourth-order valence-electron chi connectivity index (χ4n) is 2.54. The second-order valence-electron chi connectivity index (χ2n) is 5.93. The average molecular weight is 391 g/mol. The van der Waals surface area contributed by atoms with Crippen molar-refractivity contribution in [3.05, 3.63) is 76.0 Å². The highest BCUT2D eigenvalue weighted by atomic mass is 32.1. The van der Waals surface area contributed by atoms with E-state index in [0.717, 1.165) is 22.6 Å². The van der Waals surface area contributed by atoms with Crippen LogP contribution in [-0.2, 0) is 6.18 Å². The molecule has 0 spiro atoms. The number of ether oxygens (including phenoxy) is 1. The van der Waals surface area contributed by atoms with Gasteiger partial charge in [0.05, 0.1) is 10.4 Å². The van der Waals surface area contributed by atoms with E-state index in [0.29, 0.717) is 16.2 Å². The zero-order valence-electron chi connectivity index (χ0n) is 14.3. The first-order chi connectivity index (χ1) is 12.7. The second-order valence-corrected chi connectivity index (χ2v) is 7.04. The van der Waals surface area contributed by atoms with Crippen LogP contribution in [-0.4, -0.2) is 5.91 Å². The summed E-state index contributed by atoms with van der Waals surface area (Å²) in [7, 11) is 0. The highest BCUT2D eigenvalue weighted by Crippen LogP contribution is 2.32. The number of alkyl halides is 3. The first-order valence-electron chi connectivity index (χ1n) is 8.08. The molecule has 0 saturated carbocycles. The van der Waals surface area contributed by atoms with E-state index < -0.39 is 17.6 Å². The third-order valence-corrected chi connectivity index (χ3v) is 5.24. The number of carbonyl (C=O) groups excluding carboxylic acids is 1. The van der Waals surface area contributed by atoms with Crippen LogP contribution < -0.4 is 10.5 Å². The summed E-state index contributed by atoms with van der Waals surface area (Å²) < 4.78 is 43.8. The van der Waals surface area contributed by atoms with E-state index in [1.165, 1.54) is 23.5 Å². The van der Waals surface area contributed by atoms with E-state index in [-0.39, 0.29) is 6.10 Å². The summed E-state index contributed by atoms with van der Waals surface area (Å²) in [4.78, 5) is 12.5. The summed E-state index contributed by atoms with van der Waals surface area (Å²) in [6.07, 6.45) is -4.61. The Labute approximate surface area is 158 Å². The van der Waals surface area contributed by atoms with Gasteiger partial charge in [0.2, 0.25) is 0 Å². The lowest BCUT2D eigenvalue weighted by Gasteiger charge is -2.14. The molecule has 1 aromatic heterocycles. The first-order valence-corrected chi connectivity index (χ1v) is 8.89. The lowest BCUT2D eigenvalue weighted by atomic mass is 10.0. The van der Waals surface area contributed by atoms with E-state index in [9.17, 15) is 18.0 Å². The number of halogens is 3. The zero-order chi connectivity index (χ0) is 19.6. The molecular weight excluding hydrogens is 375 g/mol. The molecule has 3 nitrogen and oxygen atoms in total. The van der Waals surface area contributed by atoms with Gasteiger partial charge in [-0.15, -0.1) is 11.3 Å². The van der Waals surface area contributed by atoms with Gasteiger partial charge >= 0.3 is 6.18 Å². The number of hydrogen-bond donors (Lipinski definition) is 1. The molecule has 27 heavy (non-hydrogen) atoms. The number of rotatable bonds is 5. The summed E-state index contributed by atoms with van der Waals surface area (Å²) in [6.45, 7) is 1.86. The van der Waals surface area contributed by atoms with Gasteiger partial charge in [-0.05, 0) is 54.4 Å². The molecule has 1 atom stereocenters. The van der Waals surface area contributed by atoms with Crippen molar-refractivity contribution in [1.82, 2.24) is 0 Å². The van der Waals surface area contributed by atoms with Crippen molar-refractivity contribution in [3.8, 4) is 16.9 Å². The van der Waals surface area contributed by atoms with Crippen LogP contribution in [0.4, 0.5) is 13.2 Å². The Balaban J connectivity index is 1.70. The third kappa shape index (κ3) is 4.49. The van der Waals surface area contributed by atoms with Crippen molar-refractivity contribution >= 4 is 17.2 Å². The second kappa shape index (κ2) is 7.44. The van der Waals surface area contributed by atoms with Crippen molar-refractivity contribution in [1.29, 1.82) is 0 Å². The molecule has 7 heteroatoms. The van der Waals surface area contributed by atoms with E-state index in [4.69, 9.17) is 10.5 Å². The van der Waals surface area contributed by atoms with Gasteiger partial charge in [-0.2, -0.15) is 13.2 Å². The van der Waals surface area contributed by atoms with E-state index in [1.54, 1.807) is 36.4 Å². The van der Waals surface area contributed by atoms with Crippen LogP contribution in [0.2, 0.25) is 0 Å². The lowest BCUT2D eigenvalue weighted by Crippen LogP contribution is -2.08. The van der Waals surface area contributed by atoms with Gasteiger partial charge in [0, 0.05) is 4.88 Å². The minimum absolute atomic E-state index is 0.264. The molecular formula is C20H16F3NO2S. The van der Waals surface area contributed by atoms with E-state index in [2.05, 4.69) is 0 Å². The molecule has 0 aliphatic carbocycles. The smallest absolute Gasteiger partial charge is 0.416 e. The minimum atomic E-state index is -4.34. The van der Waals surface area contributed by atoms with Crippen LogP contribution in [0.15, 0.2) is 60.7 Å². The van der Waals surface area contributed by atoms with Crippen LogP contribution >= 0.6 is 11.3 Å². The topological polar surface area (TPSA) is 52.3 Å². The Morgan fingerprint density at radius 3 is 2.00 bits per heavy atom. The highest BCUT2D eigenvalue weighted by Gasteiger charge is 2.29. The van der Waals surface area contributed by atoms with Gasteiger partial charge in [0.25, 0.3) is 5.91 Å². The van der Waals surface area contributed by atoms with Crippen molar-refractivity contribution < 1.29 is 22.7 Å². The van der Waals surface area contributed by atoms with Gasteiger partial charge < -0.3 is 10.5 Å². The van der Waals surface area contributed by atoms with Gasteiger partial charge in [-0.25, -0.2) is 0 Å². The van der Waals surface area contributed by atoms with Crippen LogP contribution in [0.25, 0.3) is 11.1 Å². The van der Waals surface area contributed by atoms with Gasteiger partial charge in [0.15, 0.2) is 0 Å². The number of hydrogen-bond acceptors (Lipinski definition) is 3. The summed E-state index contributed by atoms with van der Waals surface area (Å²) in [5, 5.41) is 0. The molecule has 3 rings (SSSR count). The van der Waals surface area contributed by atoms with Crippen LogP contribution in [0.1, 0.15) is 33.1 Å². The third-order valence-electron chi connectivity index (χ3n) is 3.98. The minimum Gasteiger partial charge on any atom is -0.485 e. The van der Waals surface area contributed by atoms with Crippen LogP contribution in [0.5, 0.6) is 5.75 Å². The molecule has 0 aliphatic rings. The quantitative estimate of drug-likeness (QED) is 0.609. The maximum Gasteiger partial charge on any atom is 0.416 e. The number of amides is 1. The summed E-state index contributed by atoms with van der Waals surface area (Å²) >= 11 is 1.28. The summed E-state index contributed by atoms with van der Waals surface area (Å²) in [5.74, 6) is 0.145. The molecule has 140 valence electrons. The maximum atomic E-state index is 12.6. The zero-order valence-corrected chi connectivity index (χ0v) is 15.1. The number of carbonyl (C=O) groups is 1. The molecule has 0 aliphatic heterocycles. The fraction of sp³-hybridized carbons (Fsp3) is 0.150. The number of thiophene rings is 1. The Hall–Kier alpha value is -2.80. The fourth-order valence-corrected chi connectivity index (χ4v) is 3.38. The van der Waals surface area contributed by atoms with Crippen molar-refractivity contribution in [2.24, 2.45) is 5.73 Å². The lowest BCUT2D eigenvalue weighted by molar-refractivity contribution is -0.137. The molecule has 0 radical (unpaired) electrons. The molecule has 1 unspecified atom stereocenters. The summed E-state index contributed by atoms with van der Waals surface area (Å²) in [6, 6.07) is 15.6. The van der Waals surface area contributed by atoms with Gasteiger partial charge in [-0.3, -0.25) is 4.79 Å². The Morgan fingerprint density at radius 1 is 0.963 bits per heavy atom. The molecule has 2 aromatic carbocycles. The van der Waals surface area contributed by atoms with E-state index in [1.807, 2.05) is 6.92 Å². The molecule has 2 N–H and O–H groups in total. The average Bonchev–Trinajstić information content (AvgIpc) is 3.12. The monoisotopic (exact) mass is 391 g/mol. The van der Waals surface area contributed by atoms with Crippen LogP contribution in [0, 0.1) is 0 Å². The summed E-state index contributed by atoms with van der Waals surface area (Å²) in [5.41, 5.74) is 6.05. The Morgan fingerprint density at radius 2 is 1.52 bits per heavy atom. The number of primary amides is 1. The van der Waals surface area contributed by atoms with Crippen molar-refractivity contribution in [2.75, 3.05) is 0 Å². The van der Waals surface area contributed by atoms with Gasteiger partial charge in [-0.1, -0.05) is 24.3 Å². The first kappa shape index (κ1) is 19.0. The number of nitrogens with two attached hydrogens (primary N) is 1. The maximum absolute atomic E-state index is 12.6.